The second-order valence-electron chi connectivity index (χ2n) is 4.37. The summed E-state index contributed by atoms with van der Waals surface area (Å²) in [5.74, 6) is 1.86. The van der Waals surface area contributed by atoms with Gasteiger partial charge in [0.15, 0.2) is 0 Å². The van der Waals surface area contributed by atoms with Gasteiger partial charge in [-0.2, -0.15) is 5.10 Å². The van der Waals surface area contributed by atoms with Crippen LogP contribution in [0.1, 0.15) is 12.7 Å². The minimum absolute atomic E-state index is 0.674. The third-order valence-electron chi connectivity index (χ3n) is 3.19. The van der Waals surface area contributed by atoms with Gasteiger partial charge in [-0.3, -0.25) is 4.68 Å². The fraction of sp³-hybridized carbons (Fsp3) is 0.286. The van der Waals surface area contributed by atoms with E-state index >= 15 is 0 Å². The molecule has 0 aliphatic carbocycles. The van der Waals surface area contributed by atoms with E-state index in [1.807, 2.05) is 26.1 Å². The van der Waals surface area contributed by atoms with Gasteiger partial charge in [0, 0.05) is 18.6 Å². The molecule has 0 saturated heterocycles. The minimum Gasteiger partial charge on any atom is -0.493 e. The molecule has 19 heavy (non-hydrogen) atoms. The second kappa shape index (κ2) is 4.76. The Kier molecular flexibility index (Phi) is 2.95. The van der Waals surface area contributed by atoms with Gasteiger partial charge in [0.2, 0.25) is 0 Å². The number of nitrogens with zero attached hydrogens (tertiary/aromatic N) is 4. The highest BCUT2D eigenvalue weighted by atomic mass is 16.5. The van der Waals surface area contributed by atoms with Crippen LogP contribution in [-0.4, -0.2) is 25.9 Å². The number of hydrogen-bond donors (Lipinski definition) is 0. The van der Waals surface area contributed by atoms with Crippen molar-refractivity contribution in [2.45, 2.75) is 13.5 Å². The Morgan fingerprint density at radius 3 is 2.89 bits per heavy atom. The molecule has 98 valence electrons. The molecule has 0 saturated carbocycles. The van der Waals surface area contributed by atoms with E-state index in [-0.39, 0.29) is 0 Å². The molecule has 5 heteroatoms. The summed E-state index contributed by atoms with van der Waals surface area (Å²) in [6.07, 6.45) is 3.63. The average molecular weight is 256 g/mol. The van der Waals surface area contributed by atoms with Crippen LogP contribution in [0.5, 0.6) is 5.75 Å². The second-order valence-corrected chi connectivity index (χ2v) is 4.37. The van der Waals surface area contributed by atoms with Gasteiger partial charge >= 0.3 is 0 Å². The first-order valence-corrected chi connectivity index (χ1v) is 6.33. The van der Waals surface area contributed by atoms with Crippen LogP contribution >= 0.6 is 0 Å². The standard InChI is InChI=1S/C14H16N4O/c1-3-19-13-6-4-5-12-11(13)7-8-18(12)9-14-15-10-16-17(14)2/h4-8,10H,3,9H2,1-2H3. The normalized spacial score (nSPS) is 11.1. The van der Waals surface area contributed by atoms with E-state index in [9.17, 15) is 0 Å². The van der Waals surface area contributed by atoms with Gasteiger partial charge < -0.3 is 9.30 Å². The molecule has 0 fully saturated rings. The van der Waals surface area contributed by atoms with E-state index in [1.54, 1.807) is 11.0 Å². The maximum absolute atomic E-state index is 5.64. The van der Waals surface area contributed by atoms with Crippen LogP contribution in [-0.2, 0) is 13.6 Å². The van der Waals surface area contributed by atoms with E-state index in [4.69, 9.17) is 4.74 Å². The van der Waals surface area contributed by atoms with Gasteiger partial charge in [-0.05, 0) is 25.1 Å². The van der Waals surface area contributed by atoms with E-state index in [2.05, 4.69) is 33.0 Å². The number of hydrogen-bond acceptors (Lipinski definition) is 3. The zero-order valence-corrected chi connectivity index (χ0v) is 11.1. The third-order valence-corrected chi connectivity index (χ3v) is 3.19. The first-order chi connectivity index (χ1) is 9.29. The number of aryl methyl sites for hydroxylation is 1. The zero-order valence-electron chi connectivity index (χ0n) is 11.1. The van der Waals surface area contributed by atoms with Crippen LogP contribution in [0.2, 0.25) is 0 Å². The zero-order chi connectivity index (χ0) is 13.2. The SMILES string of the molecule is CCOc1cccc2c1ccn2Cc1ncnn1C. The Morgan fingerprint density at radius 1 is 1.26 bits per heavy atom. The topological polar surface area (TPSA) is 44.9 Å². The first kappa shape index (κ1) is 11.8. The predicted molar refractivity (Wildman–Crippen MR) is 73.2 cm³/mol. The van der Waals surface area contributed by atoms with Crippen molar-refractivity contribution < 1.29 is 4.74 Å². The van der Waals surface area contributed by atoms with E-state index < -0.39 is 0 Å². The lowest BCUT2D eigenvalue weighted by Crippen LogP contribution is -2.05. The fourth-order valence-electron chi connectivity index (χ4n) is 2.23. The molecule has 0 unspecified atom stereocenters. The average Bonchev–Trinajstić information content (AvgIpc) is 2.99. The van der Waals surface area contributed by atoms with Crippen LogP contribution in [0, 0.1) is 0 Å². The van der Waals surface area contributed by atoms with Crippen LogP contribution < -0.4 is 4.74 Å². The summed E-state index contributed by atoms with van der Waals surface area (Å²) >= 11 is 0. The van der Waals surface area contributed by atoms with Crippen LogP contribution in [0.15, 0.2) is 36.8 Å². The Balaban J connectivity index is 2.01. The third kappa shape index (κ3) is 2.07. The molecule has 0 N–H and O–H groups in total. The van der Waals surface area contributed by atoms with Crippen molar-refractivity contribution in [3.05, 3.63) is 42.6 Å². The molecule has 3 aromatic rings. The minimum atomic E-state index is 0.674. The smallest absolute Gasteiger partial charge is 0.146 e. The summed E-state index contributed by atoms with van der Waals surface area (Å²) in [7, 11) is 1.90. The molecule has 0 amide bonds. The van der Waals surface area contributed by atoms with Gasteiger partial charge in [-0.15, -0.1) is 0 Å². The Morgan fingerprint density at radius 2 is 2.16 bits per heavy atom. The molecule has 0 atom stereocenters. The Hall–Kier alpha value is -2.30. The fourth-order valence-corrected chi connectivity index (χ4v) is 2.23. The van der Waals surface area contributed by atoms with Gasteiger partial charge in [0.25, 0.3) is 0 Å². The maximum Gasteiger partial charge on any atom is 0.146 e. The van der Waals surface area contributed by atoms with E-state index in [0.29, 0.717) is 13.2 Å². The summed E-state index contributed by atoms with van der Waals surface area (Å²) in [5, 5.41) is 5.22. The molecule has 0 aliphatic rings. The van der Waals surface area contributed by atoms with Crippen LogP contribution in [0.4, 0.5) is 0 Å². The highest BCUT2D eigenvalue weighted by Crippen LogP contribution is 2.26. The molecule has 2 aromatic heterocycles. The highest BCUT2D eigenvalue weighted by Gasteiger charge is 2.08. The molecule has 3 rings (SSSR count). The predicted octanol–water partition coefficient (Wildman–Crippen LogP) is 2.22. The van der Waals surface area contributed by atoms with Crippen LogP contribution in [0.3, 0.4) is 0 Å². The highest BCUT2D eigenvalue weighted by molar-refractivity contribution is 5.86. The lowest BCUT2D eigenvalue weighted by molar-refractivity contribution is 0.344. The summed E-state index contributed by atoms with van der Waals surface area (Å²) in [5.41, 5.74) is 1.15. The summed E-state index contributed by atoms with van der Waals surface area (Å²) < 4.78 is 9.59. The van der Waals surface area contributed by atoms with Crippen molar-refractivity contribution in [1.82, 2.24) is 19.3 Å². The van der Waals surface area contributed by atoms with Crippen molar-refractivity contribution in [3.63, 3.8) is 0 Å². The number of aromatic nitrogens is 4. The maximum atomic E-state index is 5.64. The lowest BCUT2D eigenvalue weighted by atomic mass is 10.2. The molecule has 0 radical (unpaired) electrons. The molecular formula is C14H16N4O. The quantitative estimate of drug-likeness (QED) is 0.719. The van der Waals surface area contributed by atoms with Crippen molar-refractivity contribution in [2.75, 3.05) is 6.61 Å². The molecule has 2 heterocycles. The monoisotopic (exact) mass is 256 g/mol. The van der Waals surface area contributed by atoms with Crippen LogP contribution in [0.25, 0.3) is 10.9 Å². The molecule has 0 bridgehead atoms. The summed E-state index contributed by atoms with van der Waals surface area (Å²) in [4.78, 5) is 4.26. The van der Waals surface area contributed by atoms with E-state index in [1.165, 1.54) is 0 Å². The number of ether oxygens (including phenoxy) is 1. The van der Waals surface area contributed by atoms with Crippen molar-refractivity contribution in [2.24, 2.45) is 7.05 Å². The number of fused-ring (bicyclic) bond motifs is 1. The molecule has 1 aromatic carbocycles. The lowest BCUT2D eigenvalue weighted by Gasteiger charge is -2.07. The molecule has 0 spiro atoms. The Bertz CT molecular complexity index is 698. The summed E-state index contributed by atoms with van der Waals surface area (Å²) in [6, 6.07) is 8.18. The van der Waals surface area contributed by atoms with Crippen molar-refractivity contribution >= 4 is 10.9 Å². The van der Waals surface area contributed by atoms with Gasteiger partial charge in [-0.25, -0.2) is 4.98 Å². The van der Waals surface area contributed by atoms with Gasteiger partial charge in [0.1, 0.15) is 17.9 Å². The first-order valence-electron chi connectivity index (χ1n) is 6.33. The largest absolute Gasteiger partial charge is 0.493 e. The summed E-state index contributed by atoms with van der Waals surface area (Å²) in [6.45, 7) is 3.37. The molecule has 0 aliphatic heterocycles. The Labute approximate surface area is 111 Å². The number of benzene rings is 1. The number of rotatable bonds is 4. The van der Waals surface area contributed by atoms with Gasteiger partial charge in [-0.1, -0.05) is 6.07 Å². The van der Waals surface area contributed by atoms with E-state index in [0.717, 1.165) is 22.5 Å². The molecule has 5 nitrogen and oxygen atoms in total. The van der Waals surface area contributed by atoms with Crippen molar-refractivity contribution in [1.29, 1.82) is 0 Å². The van der Waals surface area contributed by atoms with Gasteiger partial charge in [0.05, 0.1) is 18.7 Å². The van der Waals surface area contributed by atoms with Crippen molar-refractivity contribution in [3.8, 4) is 5.75 Å². The molecular weight excluding hydrogens is 240 g/mol.